The van der Waals surface area contributed by atoms with Crippen LogP contribution in [0.5, 0.6) is 5.75 Å². The van der Waals surface area contributed by atoms with E-state index in [1.165, 1.54) is 12.7 Å². The molecule has 4 rings (SSSR count). The van der Waals surface area contributed by atoms with Crippen LogP contribution in [-0.4, -0.2) is 29.7 Å². The Morgan fingerprint density at radius 1 is 1.18 bits per heavy atom. The lowest BCUT2D eigenvalue weighted by molar-refractivity contribution is 0.0603. The van der Waals surface area contributed by atoms with Crippen molar-refractivity contribution < 1.29 is 14.3 Å². The van der Waals surface area contributed by atoms with Gasteiger partial charge in [0, 0.05) is 0 Å². The molecule has 2 aromatic carbocycles. The Balaban J connectivity index is 1.60. The number of nitrogens with one attached hydrogen (secondary N) is 1. The van der Waals surface area contributed by atoms with Gasteiger partial charge in [0.15, 0.2) is 0 Å². The van der Waals surface area contributed by atoms with Gasteiger partial charge in [0.25, 0.3) is 0 Å². The average Bonchev–Trinajstić information content (AvgIpc) is 3.12. The fourth-order valence-electron chi connectivity index (χ4n) is 3.37. The number of esters is 1. The quantitative estimate of drug-likeness (QED) is 0.640. The zero-order chi connectivity index (χ0) is 19.5. The number of imidazole rings is 1. The number of aryl methyl sites for hydroxylation is 1. The van der Waals surface area contributed by atoms with Gasteiger partial charge >= 0.3 is 5.97 Å². The highest BCUT2D eigenvalue weighted by Crippen LogP contribution is 2.29. The van der Waals surface area contributed by atoms with Crippen molar-refractivity contribution in [2.45, 2.75) is 19.8 Å². The van der Waals surface area contributed by atoms with E-state index in [4.69, 9.17) is 9.47 Å². The number of H-pyrrole nitrogens is 1. The number of nitrogens with zero attached hydrogens (tertiary/aromatic N) is 1. The summed E-state index contributed by atoms with van der Waals surface area (Å²) in [5.41, 5.74) is 5.11. The summed E-state index contributed by atoms with van der Waals surface area (Å²) in [5, 5.41) is 0. The Morgan fingerprint density at radius 2 is 2.00 bits per heavy atom. The molecule has 1 aliphatic carbocycles. The molecular weight excluding hydrogens is 352 g/mol. The third-order valence-corrected chi connectivity index (χ3v) is 4.82. The maximum atomic E-state index is 12.2. The lowest BCUT2D eigenvalue weighted by Crippen LogP contribution is -2.03. The van der Waals surface area contributed by atoms with Gasteiger partial charge in [0.05, 0.1) is 18.2 Å². The van der Waals surface area contributed by atoms with E-state index in [9.17, 15) is 4.79 Å². The molecule has 0 fully saturated rings. The van der Waals surface area contributed by atoms with Gasteiger partial charge in [-0.15, -0.1) is 0 Å². The number of ether oxygens (including phenoxy) is 2. The van der Waals surface area contributed by atoms with Crippen molar-refractivity contribution in [3.63, 3.8) is 0 Å². The molecule has 0 amide bonds. The molecule has 28 heavy (non-hydrogen) atoms. The molecule has 0 bridgehead atoms. The predicted molar refractivity (Wildman–Crippen MR) is 110 cm³/mol. The van der Waals surface area contributed by atoms with Crippen molar-refractivity contribution in [2.75, 3.05) is 13.7 Å². The SMILES string of the molecule is COC(=O)c1cc(-c2ccc(OCC3=CC=CCC3)cc2)cc2[nH]c(C)nc12. The van der Waals surface area contributed by atoms with Gasteiger partial charge in [-0.2, -0.15) is 0 Å². The Morgan fingerprint density at radius 3 is 2.71 bits per heavy atom. The van der Waals surface area contributed by atoms with Crippen LogP contribution in [0.1, 0.15) is 29.0 Å². The second-order valence-electron chi connectivity index (χ2n) is 6.84. The number of rotatable bonds is 5. The molecule has 1 aromatic heterocycles. The lowest BCUT2D eigenvalue weighted by Gasteiger charge is -2.12. The van der Waals surface area contributed by atoms with Crippen LogP contribution in [0, 0.1) is 6.92 Å². The molecule has 3 aromatic rings. The van der Waals surface area contributed by atoms with Crippen LogP contribution < -0.4 is 4.74 Å². The number of allylic oxidation sites excluding steroid dienone is 3. The highest BCUT2D eigenvalue weighted by molar-refractivity contribution is 6.04. The number of fused-ring (bicyclic) bond motifs is 1. The largest absolute Gasteiger partial charge is 0.489 e. The van der Waals surface area contributed by atoms with Gasteiger partial charge in [-0.1, -0.05) is 30.4 Å². The van der Waals surface area contributed by atoms with Crippen molar-refractivity contribution >= 4 is 17.0 Å². The third-order valence-electron chi connectivity index (χ3n) is 4.82. The number of aromatic nitrogens is 2. The van der Waals surface area contributed by atoms with E-state index in [0.29, 0.717) is 17.7 Å². The summed E-state index contributed by atoms with van der Waals surface area (Å²) in [7, 11) is 1.38. The zero-order valence-electron chi connectivity index (χ0n) is 16.0. The number of aromatic amines is 1. The van der Waals surface area contributed by atoms with Crippen LogP contribution in [0.4, 0.5) is 0 Å². The molecule has 0 unspecified atom stereocenters. The van der Waals surface area contributed by atoms with Gasteiger partial charge in [0.1, 0.15) is 23.7 Å². The Labute approximate surface area is 163 Å². The second kappa shape index (κ2) is 7.72. The summed E-state index contributed by atoms with van der Waals surface area (Å²) in [4.78, 5) is 19.8. The second-order valence-corrected chi connectivity index (χ2v) is 6.84. The monoisotopic (exact) mass is 374 g/mol. The van der Waals surface area contributed by atoms with Crippen LogP contribution in [0.2, 0.25) is 0 Å². The van der Waals surface area contributed by atoms with Gasteiger partial charge in [-0.25, -0.2) is 9.78 Å². The highest BCUT2D eigenvalue weighted by Gasteiger charge is 2.16. The molecule has 0 aliphatic heterocycles. The van der Waals surface area contributed by atoms with E-state index in [-0.39, 0.29) is 0 Å². The van der Waals surface area contributed by atoms with Crippen LogP contribution in [0.3, 0.4) is 0 Å². The molecule has 0 saturated heterocycles. The maximum absolute atomic E-state index is 12.2. The lowest BCUT2D eigenvalue weighted by atomic mass is 10.0. The van der Waals surface area contributed by atoms with Crippen molar-refractivity contribution in [2.24, 2.45) is 0 Å². The van der Waals surface area contributed by atoms with E-state index in [0.717, 1.165) is 41.1 Å². The summed E-state index contributed by atoms with van der Waals surface area (Å²) >= 11 is 0. The topological polar surface area (TPSA) is 64.2 Å². The summed E-state index contributed by atoms with van der Waals surface area (Å²) in [6.45, 7) is 2.47. The summed E-state index contributed by atoms with van der Waals surface area (Å²) in [5.74, 6) is 1.19. The summed E-state index contributed by atoms with van der Waals surface area (Å²) in [6, 6.07) is 11.7. The fraction of sp³-hybridized carbons (Fsp3) is 0.217. The van der Waals surface area contributed by atoms with Crippen molar-refractivity contribution in [1.29, 1.82) is 0 Å². The highest BCUT2D eigenvalue weighted by atomic mass is 16.5. The zero-order valence-corrected chi connectivity index (χ0v) is 16.0. The number of methoxy groups -OCH3 is 1. The molecule has 0 atom stereocenters. The minimum atomic E-state index is -0.395. The van der Waals surface area contributed by atoms with Crippen molar-refractivity contribution in [3.05, 3.63) is 71.6 Å². The van der Waals surface area contributed by atoms with E-state index in [2.05, 4.69) is 28.2 Å². The number of carbonyl (C=O) groups excluding carboxylic acids is 1. The fourth-order valence-corrected chi connectivity index (χ4v) is 3.37. The molecule has 142 valence electrons. The maximum Gasteiger partial charge on any atom is 0.340 e. The van der Waals surface area contributed by atoms with E-state index in [1.807, 2.05) is 43.3 Å². The predicted octanol–water partition coefficient (Wildman–Crippen LogP) is 4.98. The molecule has 5 heteroatoms. The number of hydrogen-bond donors (Lipinski definition) is 1. The van der Waals surface area contributed by atoms with Crippen molar-refractivity contribution in [3.8, 4) is 16.9 Å². The number of hydrogen-bond acceptors (Lipinski definition) is 4. The molecule has 5 nitrogen and oxygen atoms in total. The van der Waals surface area contributed by atoms with Gasteiger partial charge < -0.3 is 14.5 Å². The first-order chi connectivity index (χ1) is 13.6. The number of carbonyl (C=O) groups is 1. The van der Waals surface area contributed by atoms with Gasteiger partial charge in [-0.05, 0) is 60.7 Å². The molecule has 0 saturated carbocycles. The van der Waals surface area contributed by atoms with Crippen LogP contribution >= 0.6 is 0 Å². The molecule has 1 aliphatic rings. The first-order valence-corrected chi connectivity index (χ1v) is 9.30. The van der Waals surface area contributed by atoms with Crippen molar-refractivity contribution in [1.82, 2.24) is 9.97 Å². The standard InChI is InChI=1S/C23H22N2O3/c1-15-24-21-13-18(12-20(22(21)25-15)23(26)27-2)17-8-10-19(11-9-17)28-14-16-6-4-3-5-7-16/h3-4,6,8-13H,5,7,14H2,1-2H3,(H,24,25). The van der Waals surface area contributed by atoms with E-state index in [1.54, 1.807) is 0 Å². The van der Waals surface area contributed by atoms with Gasteiger partial charge in [-0.3, -0.25) is 0 Å². The van der Waals surface area contributed by atoms with Gasteiger partial charge in [0.2, 0.25) is 0 Å². The van der Waals surface area contributed by atoms with Crippen LogP contribution in [0.25, 0.3) is 22.2 Å². The number of benzene rings is 2. The molecule has 1 heterocycles. The van der Waals surface area contributed by atoms with E-state index < -0.39 is 5.97 Å². The Hall–Kier alpha value is -3.34. The van der Waals surface area contributed by atoms with E-state index >= 15 is 0 Å². The molecular formula is C23H22N2O3. The summed E-state index contributed by atoms with van der Waals surface area (Å²) < 4.78 is 10.8. The molecule has 0 spiro atoms. The smallest absolute Gasteiger partial charge is 0.340 e. The van der Waals surface area contributed by atoms with Crippen LogP contribution in [0.15, 0.2) is 60.2 Å². The summed E-state index contributed by atoms with van der Waals surface area (Å²) in [6.07, 6.45) is 8.49. The molecule has 1 N–H and O–H groups in total. The first-order valence-electron chi connectivity index (χ1n) is 9.30. The molecule has 0 radical (unpaired) electrons. The third kappa shape index (κ3) is 3.69. The normalized spacial score (nSPS) is 13.4. The minimum absolute atomic E-state index is 0.395. The Kier molecular flexibility index (Phi) is 4.98. The first kappa shape index (κ1) is 18.0. The average molecular weight is 374 g/mol. The minimum Gasteiger partial charge on any atom is -0.489 e. The Bertz CT molecular complexity index is 1080. The van der Waals surface area contributed by atoms with Crippen LogP contribution in [-0.2, 0) is 4.74 Å².